The second-order valence-corrected chi connectivity index (χ2v) is 4.82. The summed E-state index contributed by atoms with van der Waals surface area (Å²) in [5, 5.41) is 9.05. The fourth-order valence-corrected chi connectivity index (χ4v) is 2.24. The Labute approximate surface area is 106 Å². The second kappa shape index (κ2) is 4.46. The highest BCUT2D eigenvalue weighted by molar-refractivity contribution is 6.30. The maximum atomic E-state index is 12.9. The molecular formula is C12H10ClF3O2. The Balaban J connectivity index is 2.51. The van der Waals surface area contributed by atoms with Gasteiger partial charge in [-0.25, -0.2) is 0 Å². The monoisotopic (exact) mass is 278 g/mol. The number of aliphatic carboxylic acids is 1. The zero-order valence-electron chi connectivity index (χ0n) is 9.17. The minimum Gasteiger partial charge on any atom is -0.481 e. The quantitative estimate of drug-likeness (QED) is 0.909. The van der Waals surface area contributed by atoms with E-state index in [0.29, 0.717) is 12.8 Å². The van der Waals surface area contributed by atoms with Crippen molar-refractivity contribution in [2.45, 2.75) is 24.9 Å². The summed E-state index contributed by atoms with van der Waals surface area (Å²) in [7, 11) is 0. The molecule has 2 nitrogen and oxygen atoms in total. The minimum absolute atomic E-state index is 0.0500. The van der Waals surface area contributed by atoms with Crippen LogP contribution in [0.25, 0.3) is 0 Å². The summed E-state index contributed by atoms with van der Waals surface area (Å²) in [5.41, 5.74) is -1.14. The van der Waals surface area contributed by atoms with Gasteiger partial charge in [0.2, 0.25) is 0 Å². The number of hydrogen-bond acceptors (Lipinski definition) is 1. The molecule has 2 rings (SSSR count). The van der Waals surface area contributed by atoms with Crippen LogP contribution in [0.5, 0.6) is 0 Å². The number of carboxylic acid groups (broad SMARTS) is 1. The summed E-state index contributed by atoms with van der Waals surface area (Å²) in [5.74, 6) is -2.52. The molecular weight excluding hydrogens is 269 g/mol. The highest BCUT2D eigenvalue weighted by Gasteiger charge is 2.43. The molecule has 1 atom stereocenters. The standard InChI is InChI=1S/C12H10ClF3O2/c13-7-3-4-8(9(5-7)12(14,15)16)10(11(17)18)6-1-2-6/h3-6,10H,1-2H2,(H,17,18). The summed E-state index contributed by atoms with van der Waals surface area (Å²) in [6, 6.07) is 3.25. The van der Waals surface area contributed by atoms with Crippen molar-refractivity contribution in [3.05, 3.63) is 34.3 Å². The third-order valence-corrected chi connectivity index (χ3v) is 3.25. The first-order valence-corrected chi connectivity index (χ1v) is 5.78. The maximum absolute atomic E-state index is 12.9. The van der Waals surface area contributed by atoms with Crippen molar-refractivity contribution in [3.8, 4) is 0 Å². The van der Waals surface area contributed by atoms with Crippen molar-refractivity contribution in [2.24, 2.45) is 5.92 Å². The van der Waals surface area contributed by atoms with Crippen molar-refractivity contribution < 1.29 is 23.1 Å². The maximum Gasteiger partial charge on any atom is 0.416 e. The molecule has 1 N–H and O–H groups in total. The second-order valence-electron chi connectivity index (χ2n) is 4.38. The largest absolute Gasteiger partial charge is 0.481 e. The van der Waals surface area contributed by atoms with E-state index >= 15 is 0 Å². The Morgan fingerprint density at radius 1 is 1.39 bits per heavy atom. The van der Waals surface area contributed by atoms with Crippen molar-refractivity contribution >= 4 is 17.6 Å². The Hall–Kier alpha value is -1.23. The van der Waals surface area contributed by atoms with Crippen LogP contribution in [0.3, 0.4) is 0 Å². The van der Waals surface area contributed by atoms with Gasteiger partial charge >= 0.3 is 12.1 Å². The summed E-state index contributed by atoms with van der Waals surface area (Å²) in [6.45, 7) is 0. The number of benzene rings is 1. The lowest BCUT2D eigenvalue weighted by molar-refractivity contribution is -0.142. The summed E-state index contributed by atoms with van der Waals surface area (Å²) >= 11 is 5.55. The van der Waals surface area contributed by atoms with Gasteiger partial charge in [-0.2, -0.15) is 13.2 Å². The summed E-state index contributed by atoms with van der Waals surface area (Å²) < 4.78 is 38.7. The molecule has 1 aromatic carbocycles. The number of alkyl halides is 3. The van der Waals surface area contributed by atoms with Gasteiger partial charge in [-0.1, -0.05) is 17.7 Å². The molecule has 1 aromatic rings. The van der Waals surface area contributed by atoms with E-state index in [1.165, 1.54) is 12.1 Å². The lowest BCUT2D eigenvalue weighted by Gasteiger charge is -2.18. The van der Waals surface area contributed by atoms with E-state index in [9.17, 15) is 18.0 Å². The molecule has 0 heterocycles. The topological polar surface area (TPSA) is 37.3 Å². The number of carboxylic acids is 1. The van der Waals surface area contributed by atoms with Gasteiger partial charge in [-0.3, -0.25) is 4.79 Å². The third-order valence-electron chi connectivity index (χ3n) is 3.02. The van der Waals surface area contributed by atoms with Crippen molar-refractivity contribution in [3.63, 3.8) is 0 Å². The molecule has 0 saturated heterocycles. The number of halogens is 4. The van der Waals surface area contributed by atoms with Gasteiger partial charge in [-0.15, -0.1) is 0 Å². The highest BCUT2D eigenvalue weighted by atomic mass is 35.5. The average Bonchev–Trinajstić information content (AvgIpc) is 3.02. The fraction of sp³-hybridized carbons (Fsp3) is 0.417. The molecule has 1 fully saturated rings. The van der Waals surface area contributed by atoms with E-state index in [1.807, 2.05) is 0 Å². The van der Waals surface area contributed by atoms with Gasteiger partial charge in [0.1, 0.15) is 0 Å². The Morgan fingerprint density at radius 2 is 2.00 bits per heavy atom. The minimum atomic E-state index is -4.59. The molecule has 0 amide bonds. The first kappa shape index (κ1) is 13.2. The predicted octanol–water partition coefficient (Wildman–Crippen LogP) is 3.94. The average molecular weight is 279 g/mol. The zero-order chi connectivity index (χ0) is 13.5. The molecule has 1 saturated carbocycles. The molecule has 0 spiro atoms. The SMILES string of the molecule is O=C(O)C(c1ccc(Cl)cc1C(F)(F)F)C1CC1. The lowest BCUT2D eigenvalue weighted by Crippen LogP contribution is -2.19. The van der Waals surface area contributed by atoms with Gasteiger partial charge in [0.05, 0.1) is 11.5 Å². The Kier molecular flexibility index (Phi) is 3.27. The molecule has 0 radical (unpaired) electrons. The van der Waals surface area contributed by atoms with Crippen LogP contribution in [0.2, 0.25) is 5.02 Å². The summed E-state index contributed by atoms with van der Waals surface area (Å²) in [4.78, 5) is 11.1. The van der Waals surface area contributed by atoms with Crippen molar-refractivity contribution in [1.82, 2.24) is 0 Å². The van der Waals surface area contributed by atoms with E-state index in [4.69, 9.17) is 16.7 Å². The van der Waals surface area contributed by atoms with E-state index in [0.717, 1.165) is 6.07 Å². The van der Waals surface area contributed by atoms with E-state index in [2.05, 4.69) is 0 Å². The van der Waals surface area contributed by atoms with Crippen LogP contribution < -0.4 is 0 Å². The molecule has 1 unspecified atom stereocenters. The van der Waals surface area contributed by atoms with Crippen molar-refractivity contribution in [1.29, 1.82) is 0 Å². The first-order chi connectivity index (χ1) is 8.30. The van der Waals surface area contributed by atoms with Crippen LogP contribution in [0.15, 0.2) is 18.2 Å². The molecule has 1 aliphatic rings. The molecule has 6 heteroatoms. The number of hydrogen-bond donors (Lipinski definition) is 1. The normalized spacial score (nSPS) is 17.6. The van der Waals surface area contributed by atoms with Crippen LogP contribution in [-0.4, -0.2) is 11.1 Å². The summed E-state index contributed by atoms with van der Waals surface area (Å²) in [6.07, 6.45) is -3.30. The van der Waals surface area contributed by atoms with Gasteiger partial charge in [-0.05, 0) is 36.5 Å². The van der Waals surface area contributed by atoms with Gasteiger partial charge in [0, 0.05) is 5.02 Å². The van der Waals surface area contributed by atoms with Crippen molar-refractivity contribution in [2.75, 3.05) is 0 Å². The predicted molar refractivity (Wildman–Crippen MR) is 59.6 cm³/mol. The number of carbonyl (C=O) groups is 1. The first-order valence-electron chi connectivity index (χ1n) is 5.40. The molecule has 0 aromatic heterocycles. The molecule has 18 heavy (non-hydrogen) atoms. The Bertz CT molecular complexity index is 481. The van der Waals surface area contributed by atoms with E-state index in [1.54, 1.807) is 0 Å². The van der Waals surface area contributed by atoms with E-state index < -0.39 is 23.6 Å². The van der Waals surface area contributed by atoms with Crippen LogP contribution in [-0.2, 0) is 11.0 Å². The van der Waals surface area contributed by atoms with Crippen LogP contribution in [0, 0.1) is 5.92 Å². The highest BCUT2D eigenvalue weighted by Crippen LogP contribution is 2.46. The number of rotatable bonds is 3. The fourth-order valence-electron chi connectivity index (χ4n) is 2.06. The van der Waals surface area contributed by atoms with E-state index in [-0.39, 0.29) is 16.5 Å². The smallest absolute Gasteiger partial charge is 0.416 e. The van der Waals surface area contributed by atoms with Gasteiger partial charge < -0.3 is 5.11 Å². The van der Waals surface area contributed by atoms with Crippen LogP contribution in [0.4, 0.5) is 13.2 Å². The molecule has 1 aliphatic carbocycles. The third kappa shape index (κ3) is 2.61. The van der Waals surface area contributed by atoms with Crippen LogP contribution in [0.1, 0.15) is 29.9 Å². The molecule has 98 valence electrons. The van der Waals surface area contributed by atoms with Gasteiger partial charge in [0.15, 0.2) is 0 Å². The molecule has 0 bridgehead atoms. The molecule has 0 aliphatic heterocycles. The van der Waals surface area contributed by atoms with Crippen LogP contribution >= 0.6 is 11.6 Å². The lowest BCUT2D eigenvalue weighted by atomic mass is 9.90. The Morgan fingerprint density at radius 3 is 2.44 bits per heavy atom. The zero-order valence-corrected chi connectivity index (χ0v) is 9.92. The van der Waals surface area contributed by atoms with Gasteiger partial charge in [0.25, 0.3) is 0 Å².